The van der Waals surface area contributed by atoms with Gasteiger partial charge in [0.05, 0.1) is 12.6 Å². The number of para-hydroxylation sites is 1. The van der Waals surface area contributed by atoms with Gasteiger partial charge in [-0.1, -0.05) is 52.8 Å². The van der Waals surface area contributed by atoms with Gasteiger partial charge >= 0.3 is 0 Å². The van der Waals surface area contributed by atoms with Gasteiger partial charge in [-0.05, 0) is 23.0 Å². The Morgan fingerprint density at radius 2 is 1.90 bits per heavy atom. The van der Waals surface area contributed by atoms with E-state index in [-0.39, 0.29) is 11.3 Å². The molecule has 1 aromatic carbocycles. The largest absolute Gasteiger partial charge is 0.491 e. The van der Waals surface area contributed by atoms with E-state index >= 15 is 0 Å². The SMILES string of the molecule is CC(C)c1ccccc1OCCNC(=O)[C@@H](N)C(C)(C)C. The molecule has 3 N–H and O–H groups in total. The molecule has 0 radical (unpaired) electrons. The van der Waals surface area contributed by atoms with Crippen molar-refractivity contribution in [3.05, 3.63) is 29.8 Å². The van der Waals surface area contributed by atoms with Crippen molar-refractivity contribution >= 4 is 5.91 Å². The molecule has 0 spiro atoms. The quantitative estimate of drug-likeness (QED) is 0.792. The summed E-state index contributed by atoms with van der Waals surface area (Å²) in [6, 6.07) is 7.47. The molecule has 0 aliphatic heterocycles. The summed E-state index contributed by atoms with van der Waals surface area (Å²) in [5.41, 5.74) is 6.83. The van der Waals surface area contributed by atoms with E-state index in [9.17, 15) is 4.79 Å². The standard InChI is InChI=1S/C17H28N2O2/c1-12(2)13-8-6-7-9-14(13)21-11-10-19-16(20)15(18)17(3,4)5/h6-9,12,15H,10-11,18H2,1-5H3,(H,19,20)/t15-/m1/s1. The van der Waals surface area contributed by atoms with Gasteiger partial charge in [-0.3, -0.25) is 4.79 Å². The van der Waals surface area contributed by atoms with Crippen molar-refractivity contribution in [1.82, 2.24) is 5.32 Å². The lowest BCUT2D eigenvalue weighted by molar-refractivity contribution is -0.124. The lowest BCUT2D eigenvalue weighted by Gasteiger charge is -2.25. The lowest BCUT2D eigenvalue weighted by atomic mass is 9.87. The molecule has 0 saturated carbocycles. The van der Waals surface area contributed by atoms with Gasteiger partial charge in [0.1, 0.15) is 12.4 Å². The summed E-state index contributed by atoms with van der Waals surface area (Å²) in [5.74, 6) is 1.15. The van der Waals surface area contributed by atoms with E-state index in [4.69, 9.17) is 10.5 Å². The van der Waals surface area contributed by atoms with Crippen LogP contribution in [0.2, 0.25) is 0 Å². The molecule has 0 aromatic heterocycles. The molecule has 4 heteroatoms. The summed E-state index contributed by atoms with van der Waals surface area (Å²) >= 11 is 0. The average molecular weight is 292 g/mol. The summed E-state index contributed by atoms with van der Waals surface area (Å²) in [6.07, 6.45) is 0. The Balaban J connectivity index is 2.43. The van der Waals surface area contributed by atoms with Gasteiger partial charge in [0, 0.05) is 0 Å². The van der Waals surface area contributed by atoms with Crippen molar-refractivity contribution < 1.29 is 9.53 Å². The van der Waals surface area contributed by atoms with Crippen LogP contribution >= 0.6 is 0 Å². The topological polar surface area (TPSA) is 64.3 Å². The molecular weight excluding hydrogens is 264 g/mol. The van der Waals surface area contributed by atoms with E-state index in [1.54, 1.807) is 0 Å². The lowest BCUT2D eigenvalue weighted by Crippen LogP contribution is -2.49. The fourth-order valence-electron chi connectivity index (χ4n) is 1.93. The molecule has 1 atom stereocenters. The first-order chi connectivity index (χ1) is 9.73. The van der Waals surface area contributed by atoms with Crippen molar-refractivity contribution in [3.8, 4) is 5.75 Å². The Morgan fingerprint density at radius 1 is 1.29 bits per heavy atom. The third kappa shape index (κ3) is 5.38. The van der Waals surface area contributed by atoms with Crippen LogP contribution in [0.1, 0.15) is 46.1 Å². The smallest absolute Gasteiger partial charge is 0.237 e. The number of amides is 1. The van der Waals surface area contributed by atoms with E-state index in [0.717, 1.165) is 5.75 Å². The zero-order valence-corrected chi connectivity index (χ0v) is 13.8. The highest BCUT2D eigenvalue weighted by molar-refractivity contribution is 5.82. The fourth-order valence-corrected chi connectivity index (χ4v) is 1.93. The number of rotatable bonds is 6. The Bertz CT molecular complexity index is 464. The molecule has 4 nitrogen and oxygen atoms in total. The molecule has 0 fully saturated rings. The number of carbonyl (C=O) groups is 1. The van der Waals surface area contributed by atoms with Crippen LogP contribution in [0.15, 0.2) is 24.3 Å². The highest BCUT2D eigenvalue weighted by Crippen LogP contribution is 2.25. The van der Waals surface area contributed by atoms with Crippen LogP contribution < -0.4 is 15.8 Å². The van der Waals surface area contributed by atoms with Crippen LogP contribution in [0.5, 0.6) is 5.75 Å². The van der Waals surface area contributed by atoms with Gasteiger partial charge in [0.2, 0.25) is 5.91 Å². The molecule has 0 bridgehead atoms. The first-order valence-electron chi connectivity index (χ1n) is 7.48. The summed E-state index contributed by atoms with van der Waals surface area (Å²) < 4.78 is 5.76. The predicted octanol–water partition coefficient (Wildman–Crippen LogP) is 2.68. The minimum atomic E-state index is -0.513. The fraction of sp³-hybridized carbons (Fsp3) is 0.588. The molecule has 0 aliphatic carbocycles. The van der Waals surface area contributed by atoms with Crippen LogP contribution in [0.3, 0.4) is 0 Å². The van der Waals surface area contributed by atoms with Crippen LogP contribution in [0.25, 0.3) is 0 Å². The zero-order chi connectivity index (χ0) is 16.0. The third-order valence-electron chi connectivity index (χ3n) is 3.42. The van der Waals surface area contributed by atoms with Crippen molar-refractivity contribution in [2.45, 2.75) is 46.6 Å². The van der Waals surface area contributed by atoms with Gasteiger partial charge in [0.15, 0.2) is 0 Å². The molecule has 0 aliphatic rings. The Kier molecular flexibility index (Phi) is 6.21. The highest BCUT2D eigenvalue weighted by atomic mass is 16.5. The van der Waals surface area contributed by atoms with Gasteiger partial charge < -0.3 is 15.8 Å². The monoisotopic (exact) mass is 292 g/mol. The van der Waals surface area contributed by atoms with Crippen LogP contribution in [-0.2, 0) is 4.79 Å². The number of hydrogen-bond donors (Lipinski definition) is 2. The minimum absolute atomic E-state index is 0.136. The molecule has 0 unspecified atom stereocenters. The third-order valence-corrected chi connectivity index (χ3v) is 3.42. The van der Waals surface area contributed by atoms with Gasteiger partial charge in [-0.2, -0.15) is 0 Å². The summed E-state index contributed by atoms with van der Waals surface area (Å²) in [4.78, 5) is 11.9. The molecule has 0 saturated heterocycles. The number of benzene rings is 1. The zero-order valence-electron chi connectivity index (χ0n) is 13.8. The van der Waals surface area contributed by atoms with E-state index < -0.39 is 6.04 Å². The van der Waals surface area contributed by atoms with Crippen molar-refractivity contribution in [2.75, 3.05) is 13.2 Å². The number of ether oxygens (including phenoxy) is 1. The number of nitrogens with one attached hydrogen (secondary N) is 1. The van der Waals surface area contributed by atoms with Crippen molar-refractivity contribution in [2.24, 2.45) is 11.1 Å². The molecular formula is C17H28N2O2. The molecule has 0 heterocycles. The van der Waals surface area contributed by atoms with Crippen molar-refractivity contribution in [1.29, 1.82) is 0 Å². The van der Waals surface area contributed by atoms with E-state index in [1.165, 1.54) is 5.56 Å². The van der Waals surface area contributed by atoms with E-state index in [2.05, 4.69) is 25.2 Å². The van der Waals surface area contributed by atoms with E-state index in [1.807, 2.05) is 39.0 Å². The second-order valence-electron chi connectivity index (χ2n) is 6.68. The Hall–Kier alpha value is -1.55. The van der Waals surface area contributed by atoms with Gasteiger partial charge in [-0.25, -0.2) is 0 Å². The van der Waals surface area contributed by atoms with Crippen LogP contribution in [0, 0.1) is 5.41 Å². The molecule has 1 amide bonds. The maximum atomic E-state index is 11.9. The summed E-state index contributed by atoms with van der Waals surface area (Å²) in [5, 5.41) is 2.82. The molecule has 1 aromatic rings. The Morgan fingerprint density at radius 3 is 2.48 bits per heavy atom. The van der Waals surface area contributed by atoms with E-state index in [0.29, 0.717) is 19.1 Å². The Labute approximate surface area is 128 Å². The van der Waals surface area contributed by atoms with Crippen LogP contribution in [-0.4, -0.2) is 25.1 Å². The maximum absolute atomic E-state index is 11.9. The maximum Gasteiger partial charge on any atom is 0.237 e. The second-order valence-corrected chi connectivity index (χ2v) is 6.68. The van der Waals surface area contributed by atoms with Gasteiger partial charge in [0.25, 0.3) is 0 Å². The van der Waals surface area contributed by atoms with Crippen molar-refractivity contribution in [3.63, 3.8) is 0 Å². The molecule has 118 valence electrons. The normalized spacial score (nSPS) is 13.1. The van der Waals surface area contributed by atoms with Crippen LogP contribution in [0.4, 0.5) is 0 Å². The molecule has 1 rings (SSSR count). The predicted molar refractivity (Wildman–Crippen MR) is 86.5 cm³/mol. The number of hydrogen-bond acceptors (Lipinski definition) is 3. The highest BCUT2D eigenvalue weighted by Gasteiger charge is 2.26. The van der Waals surface area contributed by atoms with Gasteiger partial charge in [-0.15, -0.1) is 0 Å². The first kappa shape index (κ1) is 17.5. The number of nitrogens with two attached hydrogens (primary N) is 1. The average Bonchev–Trinajstić information content (AvgIpc) is 2.41. The summed E-state index contributed by atoms with van der Waals surface area (Å²) in [7, 11) is 0. The molecule has 21 heavy (non-hydrogen) atoms. The summed E-state index contributed by atoms with van der Waals surface area (Å²) in [6.45, 7) is 11.0. The minimum Gasteiger partial charge on any atom is -0.491 e. The number of carbonyl (C=O) groups excluding carboxylic acids is 1. The second kappa shape index (κ2) is 7.46. The first-order valence-corrected chi connectivity index (χ1v) is 7.48.